The van der Waals surface area contributed by atoms with Gasteiger partial charge in [-0.05, 0) is 43.2 Å². The predicted molar refractivity (Wildman–Crippen MR) is 80.7 cm³/mol. The summed E-state index contributed by atoms with van der Waals surface area (Å²) >= 11 is 0. The summed E-state index contributed by atoms with van der Waals surface area (Å²) in [6.45, 7) is 2.79. The summed E-state index contributed by atoms with van der Waals surface area (Å²) in [5, 5.41) is 14.3. The van der Waals surface area contributed by atoms with Crippen LogP contribution in [-0.4, -0.2) is 23.1 Å². The average molecular weight is 287 g/mol. The largest absolute Gasteiger partial charge is 0.487 e. The van der Waals surface area contributed by atoms with Gasteiger partial charge < -0.3 is 10.1 Å². The van der Waals surface area contributed by atoms with Gasteiger partial charge in [0.15, 0.2) is 5.75 Å². The number of ether oxygens (including phenoxy) is 1. The molecule has 0 unspecified atom stereocenters. The molecule has 21 heavy (non-hydrogen) atoms. The number of pyridine rings is 1. The Balaban J connectivity index is 2.08. The molecule has 1 heterocycles. The average Bonchev–Trinajstić information content (AvgIpc) is 2.48. The van der Waals surface area contributed by atoms with Crippen LogP contribution in [0.2, 0.25) is 0 Å². The Morgan fingerprint density at radius 3 is 2.71 bits per heavy atom. The molecule has 0 amide bonds. The molecular weight excluding hydrogens is 270 g/mol. The lowest BCUT2D eigenvalue weighted by Crippen LogP contribution is -2.08. The molecule has 2 aromatic rings. The first kappa shape index (κ1) is 14.8. The van der Waals surface area contributed by atoms with Gasteiger partial charge in [-0.2, -0.15) is 0 Å². The molecule has 0 fully saturated rings. The number of nitro groups is 1. The van der Waals surface area contributed by atoms with Gasteiger partial charge in [0.1, 0.15) is 5.69 Å². The van der Waals surface area contributed by atoms with E-state index in [9.17, 15) is 10.1 Å². The molecule has 1 N–H and O–H groups in total. The van der Waals surface area contributed by atoms with Crippen LogP contribution in [0.5, 0.6) is 5.75 Å². The molecule has 2 rings (SSSR count). The number of nitro benzene ring substituents is 1. The van der Waals surface area contributed by atoms with Gasteiger partial charge in [-0.15, -0.1) is 0 Å². The molecule has 0 saturated carbocycles. The third-order valence-electron chi connectivity index (χ3n) is 2.96. The highest BCUT2D eigenvalue weighted by Crippen LogP contribution is 2.34. The Morgan fingerprint density at radius 1 is 1.29 bits per heavy atom. The molecular formula is C15H17N3O3. The normalized spacial score (nSPS) is 10.1. The SMILES string of the molecule is CCOc1cccc(NCCc2ccncc2)c1[N+](=O)[O-]. The quantitative estimate of drug-likeness (QED) is 0.625. The molecule has 0 bridgehead atoms. The highest BCUT2D eigenvalue weighted by atomic mass is 16.6. The Kier molecular flexibility index (Phi) is 5.09. The number of rotatable bonds is 7. The first-order chi connectivity index (χ1) is 10.2. The summed E-state index contributed by atoms with van der Waals surface area (Å²) < 4.78 is 5.31. The lowest BCUT2D eigenvalue weighted by Gasteiger charge is -2.10. The minimum Gasteiger partial charge on any atom is -0.487 e. The number of hydrogen-bond donors (Lipinski definition) is 1. The zero-order valence-electron chi connectivity index (χ0n) is 11.8. The Morgan fingerprint density at radius 2 is 2.05 bits per heavy atom. The zero-order chi connectivity index (χ0) is 15.1. The molecule has 6 heteroatoms. The minimum atomic E-state index is -0.417. The second-order valence-electron chi connectivity index (χ2n) is 4.37. The molecule has 0 radical (unpaired) electrons. The van der Waals surface area contributed by atoms with E-state index in [0.29, 0.717) is 18.8 Å². The molecule has 1 aromatic carbocycles. The molecule has 0 atom stereocenters. The van der Waals surface area contributed by atoms with Crippen LogP contribution in [0.3, 0.4) is 0 Å². The van der Waals surface area contributed by atoms with E-state index in [1.54, 1.807) is 37.5 Å². The summed E-state index contributed by atoms with van der Waals surface area (Å²) in [5.74, 6) is 0.288. The number of nitrogens with one attached hydrogen (secondary N) is 1. The van der Waals surface area contributed by atoms with Crippen LogP contribution in [0, 0.1) is 10.1 Å². The minimum absolute atomic E-state index is 0.0194. The summed E-state index contributed by atoms with van der Waals surface area (Å²) in [5.41, 5.74) is 1.58. The van der Waals surface area contributed by atoms with Gasteiger partial charge in [-0.1, -0.05) is 6.07 Å². The van der Waals surface area contributed by atoms with Crippen LogP contribution >= 0.6 is 0 Å². The topological polar surface area (TPSA) is 77.3 Å². The van der Waals surface area contributed by atoms with Gasteiger partial charge in [0.25, 0.3) is 0 Å². The van der Waals surface area contributed by atoms with E-state index < -0.39 is 4.92 Å². The van der Waals surface area contributed by atoms with E-state index in [0.717, 1.165) is 12.0 Å². The first-order valence-corrected chi connectivity index (χ1v) is 6.75. The summed E-state index contributed by atoms with van der Waals surface area (Å²) in [6.07, 6.45) is 4.22. The van der Waals surface area contributed by atoms with Gasteiger partial charge in [0.05, 0.1) is 11.5 Å². The Bertz CT molecular complexity index is 602. The van der Waals surface area contributed by atoms with Crippen molar-refractivity contribution < 1.29 is 9.66 Å². The predicted octanol–water partition coefficient (Wildman–Crippen LogP) is 3.04. The third-order valence-corrected chi connectivity index (χ3v) is 2.96. The molecule has 1 aromatic heterocycles. The molecule has 0 aliphatic rings. The molecule has 0 spiro atoms. The van der Waals surface area contributed by atoms with Crippen LogP contribution in [-0.2, 0) is 6.42 Å². The standard InChI is InChI=1S/C15H17N3O3/c1-2-21-14-5-3-4-13(15(14)18(19)20)17-11-8-12-6-9-16-10-7-12/h3-7,9-10,17H,2,8,11H2,1H3. The molecule has 6 nitrogen and oxygen atoms in total. The first-order valence-electron chi connectivity index (χ1n) is 6.75. The maximum absolute atomic E-state index is 11.2. The van der Waals surface area contributed by atoms with E-state index in [-0.39, 0.29) is 11.4 Å². The van der Waals surface area contributed by atoms with Gasteiger partial charge in [0.2, 0.25) is 0 Å². The highest BCUT2D eigenvalue weighted by Gasteiger charge is 2.20. The highest BCUT2D eigenvalue weighted by molar-refractivity contribution is 5.68. The van der Waals surface area contributed by atoms with Gasteiger partial charge in [-0.3, -0.25) is 15.1 Å². The fourth-order valence-corrected chi connectivity index (χ4v) is 2.02. The monoisotopic (exact) mass is 287 g/mol. The van der Waals surface area contributed by atoms with E-state index in [1.165, 1.54) is 0 Å². The smallest absolute Gasteiger partial charge is 0.333 e. The van der Waals surface area contributed by atoms with Crippen molar-refractivity contribution in [1.29, 1.82) is 0 Å². The molecule has 0 saturated heterocycles. The Labute approximate surface area is 122 Å². The number of anilines is 1. The van der Waals surface area contributed by atoms with Crippen molar-refractivity contribution in [3.63, 3.8) is 0 Å². The summed E-state index contributed by atoms with van der Waals surface area (Å²) in [7, 11) is 0. The Hall–Kier alpha value is -2.63. The molecule has 110 valence electrons. The van der Waals surface area contributed by atoms with Crippen molar-refractivity contribution in [2.75, 3.05) is 18.5 Å². The van der Waals surface area contributed by atoms with E-state index in [1.807, 2.05) is 12.1 Å². The number of nitrogens with zero attached hydrogens (tertiary/aromatic N) is 2. The van der Waals surface area contributed by atoms with Crippen LogP contribution in [0.15, 0.2) is 42.7 Å². The van der Waals surface area contributed by atoms with Crippen molar-refractivity contribution in [2.24, 2.45) is 0 Å². The van der Waals surface area contributed by atoms with Gasteiger partial charge in [-0.25, -0.2) is 0 Å². The van der Waals surface area contributed by atoms with Crippen LogP contribution in [0.4, 0.5) is 11.4 Å². The van der Waals surface area contributed by atoms with Crippen molar-refractivity contribution in [1.82, 2.24) is 4.98 Å². The van der Waals surface area contributed by atoms with Crippen LogP contribution in [0.1, 0.15) is 12.5 Å². The number of aromatic nitrogens is 1. The van der Waals surface area contributed by atoms with Gasteiger partial charge >= 0.3 is 5.69 Å². The second-order valence-corrected chi connectivity index (χ2v) is 4.37. The van der Waals surface area contributed by atoms with Crippen molar-refractivity contribution in [3.8, 4) is 5.75 Å². The maximum Gasteiger partial charge on any atom is 0.333 e. The van der Waals surface area contributed by atoms with Crippen LogP contribution < -0.4 is 10.1 Å². The van der Waals surface area contributed by atoms with Crippen LogP contribution in [0.25, 0.3) is 0 Å². The van der Waals surface area contributed by atoms with E-state index in [4.69, 9.17) is 4.74 Å². The lowest BCUT2D eigenvalue weighted by molar-refractivity contribution is -0.384. The summed E-state index contributed by atoms with van der Waals surface area (Å²) in [6, 6.07) is 8.88. The fraction of sp³-hybridized carbons (Fsp3) is 0.267. The number of para-hydroxylation sites is 1. The third kappa shape index (κ3) is 3.92. The second kappa shape index (κ2) is 7.23. The summed E-state index contributed by atoms with van der Waals surface area (Å²) in [4.78, 5) is 14.8. The van der Waals surface area contributed by atoms with Crippen molar-refractivity contribution in [3.05, 3.63) is 58.4 Å². The zero-order valence-corrected chi connectivity index (χ0v) is 11.8. The van der Waals surface area contributed by atoms with Gasteiger partial charge in [0, 0.05) is 18.9 Å². The van der Waals surface area contributed by atoms with E-state index >= 15 is 0 Å². The van der Waals surface area contributed by atoms with E-state index in [2.05, 4.69) is 10.3 Å². The lowest BCUT2D eigenvalue weighted by atomic mass is 10.2. The number of hydrogen-bond acceptors (Lipinski definition) is 5. The molecule has 0 aliphatic carbocycles. The fourth-order valence-electron chi connectivity index (χ4n) is 2.02. The molecule has 0 aliphatic heterocycles. The van der Waals surface area contributed by atoms with Crippen molar-refractivity contribution in [2.45, 2.75) is 13.3 Å². The number of benzene rings is 1. The van der Waals surface area contributed by atoms with Crippen molar-refractivity contribution >= 4 is 11.4 Å². The maximum atomic E-state index is 11.2.